The molecular formula is C14H23NOS. The van der Waals surface area contributed by atoms with Crippen molar-refractivity contribution in [2.75, 3.05) is 6.54 Å². The van der Waals surface area contributed by atoms with Gasteiger partial charge in [-0.3, -0.25) is 0 Å². The molecular weight excluding hydrogens is 230 g/mol. The summed E-state index contributed by atoms with van der Waals surface area (Å²) in [7, 11) is 0. The first-order valence-electron chi connectivity index (χ1n) is 6.51. The molecule has 2 rings (SSSR count). The monoisotopic (exact) mass is 253 g/mol. The van der Waals surface area contributed by atoms with Crippen molar-refractivity contribution in [3.63, 3.8) is 0 Å². The number of thiophene rings is 1. The van der Waals surface area contributed by atoms with Gasteiger partial charge in [-0.05, 0) is 42.7 Å². The van der Waals surface area contributed by atoms with Gasteiger partial charge in [0.25, 0.3) is 0 Å². The van der Waals surface area contributed by atoms with Gasteiger partial charge in [0.05, 0.1) is 6.10 Å². The lowest BCUT2D eigenvalue weighted by Gasteiger charge is -2.42. The summed E-state index contributed by atoms with van der Waals surface area (Å²) in [4.78, 5) is 1.12. The van der Waals surface area contributed by atoms with E-state index in [4.69, 9.17) is 5.73 Å². The Morgan fingerprint density at radius 2 is 2.18 bits per heavy atom. The van der Waals surface area contributed by atoms with Crippen molar-refractivity contribution < 1.29 is 5.11 Å². The zero-order valence-electron chi connectivity index (χ0n) is 10.8. The third-order valence-electron chi connectivity index (χ3n) is 4.41. The van der Waals surface area contributed by atoms with Crippen molar-refractivity contribution in [1.82, 2.24) is 0 Å². The molecule has 3 N–H and O–H groups in total. The summed E-state index contributed by atoms with van der Waals surface area (Å²) in [5.74, 6) is 0.784. The van der Waals surface area contributed by atoms with Crippen molar-refractivity contribution in [3.8, 4) is 0 Å². The van der Waals surface area contributed by atoms with Crippen LogP contribution in [0.5, 0.6) is 0 Å². The van der Waals surface area contributed by atoms with Gasteiger partial charge in [-0.25, -0.2) is 0 Å². The molecule has 96 valence electrons. The molecule has 0 bridgehead atoms. The minimum atomic E-state index is -0.375. The Labute approximate surface area is 108 Å². The molecule has 1 heterocycles. The van der Waals surface area contributed by atoms with Crippen molar-refractivity contribution in [3.05, 3.63) is 21.9 Å². The highest BCUT2D eigenvalue weighted by Gasteiger charge is 2.41. The van der Waals surface area contributed by atoms with Crippen LogP contribution in [0.1, 0.15) is 49.2 Å². The van der Waals surface area contributed by atoms with Crippen LogP contribution in [0.25, 0.3) is 0 Å². The SMILES string of the molecule is Cc1ccsc1C(O)C1(CN)CCC(C)CC1. The zero-order valence-corrected chi connectivity index (χ0v) is 11.6. The Bertz CT molecular complexity index is 366. The molecule has 1 aliphatic rings. The second-order valence-corrected chi connectivity index (χ2v) is 6.57. The molecule has 0 radical (unpaired) electrons. The molecule has 0 spiro atoms. The molecule has 1 aromatic rings. The molecule has 1 aliphatic carbocycles. The minimum Gasteiger partial charge on any atom is -0.387 e. The van der Waals surface area contributed by atoms with Crippen molar-refractivity contribution in [2.45, 2.75) is 45.6 Å². The molecule has 1 fully saturated rings. The molecule has 0 amide bonds. The first-order chi connectivity index (χ1) is 8.09. The van der Waals surface area contributed by atoms with Crippen LogP contribution in [0.15, 0.2) is 11.4 Å². The fourth-order valence-electron chi connectivity index (χ4n) is 2.87. The van der Waals surface area contributed by atoms with E-state index in [1.54, 1.807) is 11.3 Å². The molecule has 0 aromatic carbocycles. The lowest BCUT2D eigenvalue weighted by molar-refractivity contribution is -0.00623. The van der Waals surface area contributed by atoms with Crippen molar-refractivity contribution in [2.24, 2.45) is 17.1 Å². The predicted molar refractivity (Wildman–Crippen MR) is 73.1 cm³/mol. The summed E-state index contributed by atoms with van der Waals surface area (Å²) in [6.45, 7) is 4.96. The van der Waals surface area contributed by atoms with Gasteiger partial charge in [-0.1, -0.05) is 19.8 Å². The highest BCUT2D eigenvalue weighted by Crippen LogP contribution is 2.48. The van der Waals surface area contributed by atoms with Crippen LogP contribution < -0.4 is 5.73 Å². The summed E-state index contributed by atoms with van der Waals surface area (Å²) in [5.41, 5.74) is 7.11. The summed E-state index contributed by atoms with van der Waals surface area (Å²) in [6, 6.07) is 2.08. The summed E-state index contributed by atoms with van der Waals surface area (Å²) >= 11 is 1.66. The van der Waals surface area contributed by atoms with Gasteiger partial charge in [0.1, 0.15) is 0 Å². The van der Waals surface area contributed by atoms with E-state index in [-0.39, 0.29) is 11.5 Å². The van der Waals surface area contributed by atoms with Gasteiger partial charge >= 0.3 is 0 Å². The number of aryl methyl sites for hydroxylation is 1. The molecule has 1 saturated carbocycles. The van der Waals surface area contributed by atoms with Crippen LogP contribution in [0.2, 0.25) is 0 Å². The number of rotatable bonds is 3. The van der Waals surface area contributed by atoms with Gasteiger partial charge in [0.15, 0.2) is 0 Å². The molecule has 17 heavy (non-hydrogen) atoms. The second kappa shape index (κ2) is 5.09. The van der Waals surface area contributed by atoms with Crippen LogP contribution in [0.4, 0.5) is 0 Å². The normalized spacial score (nSPS) is 31.4. The Kier molecular flexibility index (Phi) is 3.91. The van der Waals surface area contributed by atoms with Crippen LogP contribution >= 0.6 is 11.3 Å². The van der Waals surface area contributed by atoms with E-state index in [2.05, 4.69) is 25.3 Å². The Balaban J connectivity index is 2.21. The standard InChI is InChI=1S/C14H23NOS/c1-10-3-6-14(9-15,7-4-10)13(16)12-11(2)5-8-17-12/h5,8,10,13,16H,3-4,6-7,9,15H2,1-2H3. The molecule has 1 aromatic heterocycles. The number of aliphatic hydroxyl groups excluding tert-OH is 1. The van der Waals surface area contributed by atoms with Crippen LogP contribution in [-0.4, -0.2) is 11.7 Å². The molecule has 3 heteroatoms. The Morgan fingerprint density at radius 1 is 1.53 bits per heavy atom. The minimum absolute atomic E-state index is 0.0812. The quantitative estimate of drug-likeness (QED) is 0.868. The maximum atomic E-state index is 10.7. The predicted octanol–water partition coefficient (Wildman–Crippen LogP) is 3.25. The topological polar surface area (TPSA) is 46.2 Å². The Hall–Kier alpha value is -0.380. The number of hydrogen-bond acceptors (Lipinski definition) is 3. The van der Waals surface area contributed by atoms with Gasteiger partial charge in [-0.15, -0.1) is 11.3 Å². The van der Waals surface area contributed by atoms with Crippen LogP contribution in [0.3, 0.4) is 0 Å². The van der Waals surface area contributed by atoms with E-state index in [0.29, 0.717) is 6.54 Å². The summed E-state index contributed by atoms with van der Waals surface area (Å²) in [5, 5.41) is 12.7. The van der Waals surface area contributed by atoms with E-state index < -0.39 is 0 Å². The highest BCUT2D eigenvalue weighted by molar-refractivity contribution is 7.10. The fourth-order valence-corrected chi connectivity index (χ4v) is 3.92. The van der Waals surface area contributed by atoms with E-state index in [1.807, 2.05) is 0 Å². The smallest absolute Gasteiger partial charge is 0.0952 e. The Morgan fingerprint density at radius 3 is 2.65 bits per heavy atom. The van der Waals surface area contributed by atoms with Crippen molar-refractivity contribution >= 4 is 11.3 Å². The molecule has 0 saturated heterocycles. The average Bonchev–Trinajstić information content (AvgIpc) is 2.76. The van der Waals surface area contributed by atoms with E-state index in [1.165, 1.54) is 18.4 Å². The molecule has 1 unspecified atom stereocenters. The van der Waals surface area contributed by atoms with Crippen LogP contribution in [0, 0.1) is 18.3 Å². The average molecular weight is 253 g/mol. The van der Waals surface area contributed by atoms with Gasteiger partial charge in [-0.2, -0.15) is 0 Å². The van der Waals surface area contributed by atoms with Gasteiger partial charge in [0.2, 0.25) is 0 Å². The first-order valence-corrected chi connectivity index (χ1v) is 7.39. The molecule has 0 aliphatic heterocycles. The third kappa shape index (κ3) is 2.42. The zero-order chi connectivity index (χ0) is 12.5. The summed E-state index contributed by atoms with van der Waals surface area (Å²) in [6.07, 6.45) is 4.13. The lowest BCUT2D eigenvalue weighted by atomic mass is 9.67. The summed E-state index contributed by atoms with van der Waals surface area (Å²) < 4.78 is 0. The first kappa shape index (κ1) is 13.1. The van der Waals surface area contributed by atoms with Crippen molar-refractivity contribution in [1.29, 1.82) is 0 Å². The fraction of sp³-hybridized carbons (Fsp3) is 0.714. The molecule has 2 nitrogen and oxygen atoms in total. The second-order valence-electron chi connectivity index (χ2n) is 5.62. The maximum Gasteiger partial charge on any atom is 0.0952 e. The van der Waals surface area contributed by atoms with E-state index in [0.717, 1.165) is 23.6 Å². The van der Waals surface area contributed by atoms with E-state index >= 15 is 0 Å². The largest absolute Gasteiger partial charge is 0.387 e. The van der Waals surface area contributed by atoms with Gasteiger partial charge < -0.3 is 10.8 Å². The molecule has 1 atom stereocenters. The maximum absolute atomic E-state index is 10.7. The number of aliphatic hydroxyl groups is 1. The lowest BCUT2D eigenvalue weighted by Crippen LogP contribution is -2.39. The number of nitrogens with two attached hydrogens (primary N) is 1. The third-order valence-corrected chi connectivity index (χ3v) is 5.48. The highest BCUT2D eigenvalue weighted by atomic mass is 32.1. The van der Waals surface area contributed by atoms with Crippen LogP contribution in [-0.2, 0) is 0 Å². The van der Waals surface area contributed by atoms with E-state index in [9.17, 15) is 5.11 Å². The van der Waals surface area contributed by atoms with Gasteiger partial charge in [0, 0.05) is 16.8 Å². The number of hydrogen-bond donors (Lipinski definition) is 2.